The summed E-state index contributed by atoms with van der Waals surface area (Å²) in [6.45, 7) is 1.09. The van der Waals surface area contributed by atoms with E-state index in [0.29, 0.717) is 28.7 Å². The Labute approximate surface area is 175 Å². The van der Waals surface area contributed by atoms with E-state index in [1.165, 1.54) is 5.56 Å². The molecule has 0 saturated carbocycles. The molecule has 0 atom stereocenters. The first-order valence-corrected chi connectivity index (χ1v) is 9.71. The molecule has 1 amide bonds. The maximum Gasteiger partial charge on any atom is 0.299 e. The second-order valence-electron chi connectivity index (χ2n) is 6.32. The summed E-state index contributed by atoms with van der Waals surface area (Å²) >= 11 is 12.1. The van der Waals surface area contributed by atoms with E-state index in [4.69, 9.17) is 23.2 Å². The van der Waals surface area contributed by atoms with Crippen LogP contribution in [-0.2, 0) is 17.8 Å². The number of carbonyl (C=O) groups is 1. The van der Waals surface area contributed by atoms with Crippen LogP contribution >= 0.6 is 23.2 Å². The van der Waals surface area contributed by atoms with Gasteiger partial charge >= 0.3 is 0 Å². The highest BCUT2D eigenvalue weighted by molar-refractivity contribution is 6.35. The topological polar surface area (TPSA) is 20.3 Å². The van der Waals surface area contributed by atoms with Gasteiger partial charge in [0.1, 0.15) is 0 Å². The number of carbonyl (C=O) groups excluding carboxylic acids is 1. The lowest BCUT2D eigenvalue weighted by atomic mass is 10.1. The Morgan fingerprint density at radius 1 is 0.857 bits per heavy atom. The molecular formula is C24H19Cl2NO. The number of hydrogen-bond acceptors (Lipinski definition) is 1. The van der Waals surface area contributed by atoms with Crippen LogP contribution in [0, 0.1) is 11.8 Å². The smallest absolute Gasteiger partial charge is 0.299 e. The van der Waals surface area contributed by atoms with Gasteiger partial charge < -0.3 is 4.90 Å². The molecule has 0 aliphatic heterocycles. The van der Waals surface area contributed by atoms with Crippen molar-refractivity contribution in [3.8, 4) is 11.8 Å². The SMILES string of the molecule is O=C(C#Cc1ccc(Cl)cc1Cl)N(CCc1ccccc1)Cc1ccccc1. The van der Waals surface area contributed by atoms with Crippen molar-refractivity contribution in [2.45, 2.75) is 13.0 Å². The average molecular weight is 408 g/mol. The first kappa shape index (κ1) is 20.0. The molecule has 0 bridgehead atoms. The van der Waals surface area contributed by atoms with E-state index in [1.807, 2.05) is 48.5 Å². The zero-order valence-electron chi connectivity index (χ0n) is 15.2. The fourth-order valence-electron chi connectivity index (χ4n) is 2.76. The number of nitrogens with zero attached hydrogens (tertiary/aromatic N) is 1. The maximum atomic E-state index is 12.8. The molecule has 0 spiro atoms. The molecule has 0 radical (unpaired) electrons. The van der Waals surface area contributed by atoms with Crippen molar-refractivity contribution >= 4 is 29.1 Å². The third kappa shape index (κ3) is 5.89. The predicted octanol–water partition coefficient (Wildman–Crippen LogP) is 5.62. The summed E-state index contributed by atoms with van der Waals surface area (Å²) in [6.07, 6.45) is 0.767. The van der Waals surface area contributed by atoms with Gasteiger partial charge in [-0.05, 0) is 35.7 Å². The van der Waals surface area contributed by atoms with E-state index >= 15 is 0 Å². The van der Waals surface area contributed by atoms with Crippen molar-refractivity contribution < 1.29 is 4.79 Å². The highest BCUT2D eigenvalue weighted by Crippen LogP contribution is 2.20. The van der Waals surface area contributed by atoms with Gasteiger partial charge in [-0.15, -0.1) is 0 Å². The Morgan fingerprint density at radius 3 is 2.14 bits per heavy atom. The lowest BCUT2D eigenvalue weighted by Crippen LogP contribution is -2.31. The van der Waals surface area contributed by atoms with Crippen molar-refractivity contribution in [1.82, 2.24) is 4.90 Å². The minimum absolute atomic E-state index is 0.231. The molecule has 0 fully saturated rings. The third-order valence-corrected chi connectivity index (χ3v) is 4.80. The molecule has 3 rings (SSSR count). The summed E-state index contributed by atoms with van der Waals surface area (Å²) in [5.41, 5.74) is 2.83. The van der Waals surface area contributed by atoms with Crippen LogP contribution in [0.5, 0.6) is 0 Å². The minimum atomic E-state index is -0.231. The van der Waals surface area contributed by atoms with Crippen molar-refractivity contribution in [1.29, 1.82) is 0 Å². The van der Waals surface area contributed by atoms with Crippen molar-refractivity contribution in [2.24, 2.45) is 0 Å². The molecule has 3 aromatic carbocycles. The summed E-state index contributed by atoms with van der Waals surface area (Å²) in [7, 11) is 0. The van der Waals surface area contributed by atoms with Gasteiger partial charge in [-0.2, -0.15) is 0 Å². The van der Waals surface area contributed by atoms with Crippen LogP contribution in [0.1, 0.15) is 16.7 Å². The maximum absolute atomic E-state index is 12.8. The predicted molar refractivity (Wildman–Crippen MR) is 115 cm³/mol. The van der Waals surface area contributed by atoms with Gasteiger partial charge in [0, 0.05) is 29.6 Å². The summed E-state index contributed by atoms with van der Waals surface area (Å²) < 4.78 is 0. The van der Waals surface area contributed by atoms with Gasteiger partial charge in [0.15, 0.2) is 0 Å². The van der Waals surface area contributed by atoms with Crippen molar-refractivity contribution in [3.63, 3.8) is 0 Å². The van der Waals surface area contributed by atoms with E-state index in [0.717, 1.165) is 12.0 Å². The molecule has 4 heteroatoms. The Hall–Kier alpha value is -2.73. The molecule has 0 unspecified atom stereocenters. The normalized spacial score (nSPS) is 10.1. The zero-order valence-corrected chi connectivity index (χ0v) is 16.8. The monoisotopic (exact) mass is 407 g/mol. The Bertz CT molecular complexity index is 991. The Kier molecular flexibility index (Phi) is 7.14. The number of halogens is 2. The van der Waals surface area contributed by atoms with Crippen LogP contribution < -0.4 is 0 Å². The lowest BCUT2D eigenvalue weighted by molar-refractivity contribution is -0.125. The molecule has 0 aliphatic carbocycles. The third-order valence-electron chi connectivity index (χ3n) is 4.25. The first-order valence-electron chi connectivity index (χ1n) is 8.95. The van der Waals surface area contributed by atoms with Crippen LogP contribution in [0.4, 0.5) is 0 Å². The zero-order chi connectivity index (χ0) is 19.8. The van der Waals surface area contributed by atoms with Gasteiger partial charge in [0.2, 0.25) is 0 Å². The largest absolute Gasteiger partial charge is 0.327 e. The van der Waals surface area contributed by atoms with Crippen LogP contribution in [0.15, 0.2) is 78.9 Å². The summed E-state index contributed by atoms with van der Waals surface area (Å²) in [5.74, 6) is 5.37. The van der Waals surface area contributed by atoms with Gasteiger partial charge in [-0.25, -0.2) is 0 Å². The number of hydrogen-bond donors (Lipinski definition) is 0. The highest BCUT2D eigenvalue weighted by Gasteiger charge is 2.12. The molecular weight excluding hydrogens is 389 g/mol. The summed E-state index contributed by atoms with van der Waals surface area (Å²) in [5, 5.41) is 0.974. The van der Waals surface area contributed by atoms with Crippen molar-refractivity contribution in [3.05, 3.63) is 106 Å². The second-order valence-corrected chi connectivity index (χ2v) is 7.17. The van der Waals surface area contributed by atoms with Crippen LogP contribution in [0.3, 0.4) is 0 Å². The molecule has 3 aromatic rings. The van der Waals surface area contributed by atoms with Crippen LogP contribution in [-0.4, -0.2) is 17.4 Å². The van der Waals surface area contributed by atoms with Gasteiger partial charge in [-0.3, -0.25) is 4.79 Å². The molecule has 0 saturated heterocycles. The first-order chi connectivity index (χ1) is 13.6. The molecule has 0 aromatic heterocycles. The van der Waals surface area contributed by atoms with E-state index in [2.05, 4.69) is 24.0 Å². The second kappa shape index (κ2) is 9.99. The van der Waals surface area contributed by atoms with E-state index in [1.54, 1.807) is 23.1 Å². The number of amides is 1. The fraction of sp³-hybridized carbons (Fsp3) is 0.125. The quantitative estimate of drug-likeness (QED) is 0.502. The van der Waals surface area contributed by atoms with E-state index in [9.17, 15) is 4.79 Å². The van der Waals surface area contributed by atoms with E-state index in [-0.39, 0.29) is 5.91 Å². The summed E-state index contributed by atoms with van der Waals surface area (Å²) in [4.78, 5) is 14.6. The fourth-order valence-corrected chi connectivity index (χ4v) is 3.21. The minimum Gasteiger partial charge on any atom is -0.327 e. The molecule has 28 heavy (non-hydrogen) atoms. The van der Waals surface area contributed by atoms with Crippen LogP contribution in [0.25, 0.3) is 0 Å². The van der Waals surface area contributed by atoms with Gasteiger partial charge in [-0.1, -0.05) is 89.8 Å². The molecule has 2 nitrogen and oxygen atoms in total. The molecule has 140 valence electrons. The number of rotatable bonds is 5. The molecule has 0 N–H and O–H groups in total. The molecule has 0 heterocycles. The van der Waals surface area contributed by atoms with E-state index < -0.39 is 0 Å². The Morgan fingerprint density at radius 2 is 1.50 bits per heavy atom. The van der Waals surface area contributed by atoms with Gasteiger partial charge in [0.05, 0.1) is 5.02 Å². The average Bonchev–Trinajstić information content (AvgIpc) is 2.72. The summed E-state index contributed by atoms with van der Waals surface area (Å²) in [6, 6.07) is 25.1. The standard InChI is InChI=1S/C24H19Cl2NO/c25-22-13-11-21(23(26)17-22)12-14-24(28)27(18-20-9-5-2-6-10-20)16-15-19-7-3-1-4-8-19/h1-11,13,17H,15-16,18H2. The van der Waals surface area contributed by atoms with Gasteiger partial charge in [0.25, 0.3) is 5.91 Å². The molecule has 0 aliphatic rings. The number of benzene rings is 3. The Balaban J connectivity index is 1.77. The van der Waals surface area contributed by atoms with Crippen LogP contribution in [0.2, 0.25) is 10.0 Å². The lowest BCUT2D eigenvalue weighted by Gasteiger charge is -2.20. The highest BCUT2D eigenvalue weighted by atomic mass is 35.5. The van der Waals surface area contributed by atoms with Crippen molar-refractivity contribution in [2.75, 3.05) is 6.54 Å².